The van der Waals surface area contributed by atoms with Crippen LogP contribution in [0.15, 0.2) is 59.0 Å². The second-order valence-corrected chi connectivity index (χ2v) is 5.58. The largest absolute Gasteiger partial charge is 0.496 e. The molecule has 0 atom stereocenters. The Balaban J connectivity index is 2.10. The highest BCUT2D eigenvalue weighted by molar-refractivity contribution is 5.90. The van der Waals surface area contributed by atoms with Crippen molar-refractivity contribution in [3.05, 3.63) is 65.9 Å². The molecule has 0 spiro atoms. The zero-order chi connectivity index (χ0) is 17.8. The maximum Gasteiger partial charge on any atom is 0.337 e. The van der Waals surface area contributed by atoms with Gasteiger partial charge in [0.15, 0.2) is 0 Å². The zero-order valence-electron chi connectivity index (χ0n) is 14.5. The summed E-state index contributed by atoms with van der Waals surface area (Å²) in [7, 11) is 3.02. The van der Waals surface area contributed by atoms with Crippen LogP contribution in [0.3, 0.4) is 0 Å². The van der Waals surface area contributed by atoms with E-state index in [1.54, 1.807) is 19.2 Å². The fraction of sp³-hybridized carbons (Fsp3) is 0.190. The molecule has 3 aromatic rings. The van der Waals surface area contributed by atoms with Gasteiger partial charge >= 0.3 is 5.97 Å². The van der Waals surface area contributed by atoms with Gasteiger partial charge in [0.1, 0.15) is 17.3 Å². The van der Waals surface area contributed by atoms with E-state index in [0.29, 0.717) is 5.56 Å². The molecule has 0 unspecified atom stereocenters. The summed E-state index contributed by atoms with van der Waals surface area (Å²) in [6.45, 7) is 2.05. The standard InChI is InChI=1S/C21H20O4/c1-4-16-13-18(14-9-11-15(12-10-14)21(22)24-3)20(25-16)17-7-5-6-8-19(17)23-2/h5-13H,4H2,1-3H3. The SMILES string of the molecule is CCc1cc(-c2ccc(C(=O)OC)cc2)c(-c2ccccc2OC)o1. The molecule has 0 aliphatic carbocycles. The van der Waals surface area contributed by atoms with Crippen LogP contribution in [-0.4, -0.2) is 20.2 Å². The molecule has 0 bridgehead atoms. The van der Waals surface area contributed by atoms with Gasteiger partial charge in [0.2, 0.25) is 0 Å². The van der Waals surface area contributed by atoms with Gasteiger partial charge in [-0.15, -0.1) is 0 Å². The summed E-state index contributed by atoms with van der Waals surface area (Å²) in [5.41, 5.74) is 3.36. The number of furan rings is 1. The van der Waals surface area contributed by atoms with Crippen molar-refractivity contribution in [2.45, 2.75) is 13.3 Å². The Kier molecular flexibility index (Phi) is 4.89. The first-order chi connectivity index (χ1) is 12.2. The van der Waals surface area contributed by atoms with Gasteiger partial charge in [-0.25, -0.2) is 4.79 Å². The lowest BCUT2D eigenvalue weighted by Gasteiger charge is -2.08. The summed E-state index contributed by atoms with van der Waals surface area (Å²) >= 11 is 0. The molecule has 0 saturated heterocycles. The molecule has 0 aliphatic rings. The predicted octanol–water partition coefficient (Wildman–Crippen LogP) is 4.97. The average molecular weight is 336 g/mol. The summed E-state index contributed by atoms with van der Waals surface area (Å²) in [6.07, 6.45) is 0.794. The van der Waals surface area contributed by atoms with Gasteiger partial charge in [-0.05, 0) is 35.9 Å². The summed E-state index contributed by atoms with van der Waals surface area (Å²) in [4.78, 5) is 11.6. The normalized spacial score (nSPS) is 10.5. The van der Waals surface area contributed by atoms with Crippen LogP contribution in [0.5, 0.6) is 5.75 Å². The van der Waals surface area contributed by atoms with Crippen molar-refractivity contribution in [3.63, 3.8) is 0 Å². The fourth-order valence-electron chi connectivity index (χ4n) is 2.77. The lowest BCUT2D eigenvalue weighted by molar-refractivity contribution is 0.0601. The number of benzene rings is 2. The van der Waals surface area contributed by atoms with Gasteiger partial charge in [0, 0.05) is 12.0 Å². The second-order valence-electron chi connectivity index (χ2n) is 5.58. The molecule has 0 saturated carbocycles. The number of rotatable bonds is 5. The van der Waals surface area contributed by atoms with Crippen molar-refractivity contribution in [2.24, 2.45) is 0 Å². The van der Waals surface area contributed by atoms with Gasteiger partial charge in [-0.3, -0.25) is 0 Å². The van der Waals surface area contributed by atoms with Crippen LogP contribution in [-0.2, 0) is 11.2 Å². The lowest BCUT2D eigenvalue weighted by atomic mass is 10.00. The maximum absolute atomic E-state index is 11.6. The summed E-state index contributed by atoms with van der Waals surface area (Å²) in [5.74, 6) is 2.07. The molecular weight excluding hydrogens is 316 g/mol. The van der Waals surface area contributed by atoms with E-state index in [0.717, 1.165) is 40.4 Å². The van der Waals surface area contributed by atoms with E-state index in [-0.39, 0.29) is 5.97 Å². The Morgan fingerprint density at radius 1 is 1.00 bits per heavy atom. The van der Waals surface area contributed by atoms with Crippen LogP contribution in [0.1, 0.15) is 23.0 Å². The molecule has 0 fully saturated rings. The topological polar surface area (TPSA) is 48.7 Å². The quantitative estimate of drug-likeness (QED) is 0.617. The molecule has 0 amide bonds. The van der Waals surface area contributed by atoms with Gasteiger partial charge in [0.05, 0.1) is 25.3 Å². The van der Waals surface area contributed by atoms with Gasteiger partial charge in [-0.2, -0.15) is 0 Å². The van der Waals surface area contributed by atoms with Crippen molar-refractivity contribution < 1.29 is 18.7 Å². The molecule has 3 rings (SSSR count). The van der Waals surface area contributed by atoms with Crippen LogP contribution in [0.4, 0.5) is 0 Å². The number of esters is 1. The fourth-order valence-corrected chi connectivity index (χ4v) is 2.77. The van der Waals surface area contributed by atoms with Gasteiger partial charge in [0.25, 0.3) is 0 Å². The summed E-state index contributed by atoms with van der Waals surface area (Å²) in [5, 5.41) is 0. The highest BCUT2D eigenvalue weighted by Gasteiger charge is 2.18. The minimum absolute atomic E-state index is 0.349. The molecule has 0 N–H and O–H groups in total. The second kappa shape index (κ2) is 7.26. The molecule has 25 heavy (non-hydrogen) atoms. The highest BCUT2D eigenvalue weighted by atomic mass is 16.5. The number of ether oxygens (including phenoxy) is 2. The minimum atomic E-state index is -0.349. The Bertz CT molecular complexity index is 875. The van der Waals surface area contributed by atoms with E-state index in [1.165, 1.54) is 7.11 Å². The predicted molar refractivity (Wildman–Crippen MR) is 96.8 cm³/mol. The lowest BCUT2D eigenvalue weighted by Crippen LogP contribution is -2.00. The molecule has 0 aliphatic heterocycles. The van der Waals surface area contributed by atoms with E-state index in [2.05, 4.69) is 6.92 Å². The molecule has 1 aromatic heterocycles. The van der Waals surface area contributed by atoms with Crippen LogP contribution >= 0.6 is 0 Å². The Morgan fingerprint density at radius 3 is 2.36 bits per heavy atom. The molecule has 2 aromatic carbocycles. The van der Waals surface area contributed by atoms with E-state index in [9.17, 15) is 4.79 Å². The number of carbonyl (C=O) groups is 1. The molecule has 4 heteroatoms. The van der Waals surface area contributed by atoms with E-state index < -0.39 is 0 Å². The Hall–Kier alpha value is -3.01. The van der Waals surface area contributed by atoms with Gasteiger partial charge < -0.3 is 13.9 Å². The monoisotopic (exact) mass is 336 g/mol. The smallest absolute Gasteiger partial charge is 0.337 e. The van der Waals surface area contributed by atoms with Crippen LogP contribution in [0.2, 0.25) is 0 Å². The molecular formula is C21H20O4. The third-order valence-electron chi connectivity index (χ3n) is 4.10. The first kappa shape index (κ1) is 16.8. The number of para-hydroxylation sites is 1. The van der Waals surface area contributed by atoms with Crippen molar-refractivity contribution in [2.75, 3.05) is 14.2 Å². The number of hydrogen-bond acceptors (Lipinski definition) is 4. The zero-order valence-corrected chi connectivity index (χ0v) is 14.5. The van der Waals surface area contributed by atoms with Crippen LogP contribution < -0.4 is 4.74 Å². The van der Waals surface area contributed by atoms with Gasteiger partial charge in [-0.1, -0.05) is 31.2 Å². The van der Waals surface area contributed by atoms with Crippen LogP contribution in [0, 0.1) is 0 Å². The van der Waals surface area contributed by atoms with Crippen molar-refractivity contribution in [3.8, 4) is 28.2 Å². The first-order valence-corrected chi connectivity index (χ1v) is 8.12. The Morgan fingerprint density at radius 2 is 1.72 bits per heavy atom. The molecule has 1 heterocycles. The average Bonchev–Trinajstić information content (AvgIpc) is 3.11. The van der Waals surface area contributed by atoms with Crippen molar-refractivity contribution >= 4 is 5.97 Å². The Labute approximate surface area is 147 Å². The number of hydrogen-bond donors (Lipinski definition) is 0. The third kappa shape index (κ3) is 3.29. The minimum Gasteiger partial charge on any atom is -0.496 e. The molecule has 4 nitrogen and oxygen atoms in total. The summed E-state index contributed by atoms with van der Waals surface area (Å²) in [6, 6.07) is 17.1. The highest BCUT2D eigenvalue weighted by Crippen LogP contribution is 2.39. The van der Waals surface area contributed by atoms with Crippen molar-refractivity contribution in [1.29, 1.82) is 0 Å². The number of methoxy groups -OCH3 is 2. The number of aryl methyl sites for hydroxylation is 1. The maximum atomic E-state index is 11.6. The molecule has 0 radical (unpaired) electrons. The van der Waals surface area contributed by atoms with E-state index in [1.807, 2.05) is 42.5 Å². The van der Waals surface area contributed by atoms with E-state index in [4.69, 9.17) is 13.9 Å². The van der Waals surface area contributed by atoms with E-state index >= 15 is 0 Å². The van der Waals surface area contributed by atoms with Crippen LogP contribution in [0.25, 0.3) is 22.5 Å². The number of carbonyl (C=O) groups excluding carboxylic acids is 1. The first-order valence-electron chi connectivity index (χ1n) is 8.12. The molecule has 128 valence electrons. The third-order valence-corrected chi connectivity index (χ3v) is 4.10. The van der Waals surface area contributed by atoms with Crippen molar-refractivity contribution in [1.82, 2.24) is 0 Å². The summed E-state index contributed by atoms with van der Waals surface area (Å²) < 4.78 is 16.3.